The third-order valence-corrected chi connectivity index (χ3v) is 3.59. The SMILES string of the molecule is N[C@@H](C[C@@H]1CCNC1=O)C(=O)OCc1cc(Cl)nc(Cl)c1. The molecule has 1 fully saturated rings. The number of carbonyl (C=O) groups is 2. The lowest BCUT2D eigenvalue weighted by atomic mass is 9.99. The summed E-state index contributed by atoms with van der Waals surface area (Å²) in [5.41, 5.74) is 6.39. The number of ether oxygens (including phenoxy) is 1. The van der Waals surface area contributed by atoms with E-state index in [1.807, 2.05) is 0 Å². The number of halogens is 2. The van der Waals surface area contributed by atoms with Crippen LogP contribution in [-0.2, 0) is 20.9 Å². The average molecular weight is 332 g/mol. The van der Waals surface area contributed by atoms with Gasteiger partial charge in [-0.3, -0.25) is 9.59 Å². The number of nitrogens with two attached hydrogens (primary N) is 1. The van der Waals surface area contributed by atoms with Gasteiger partial charge in [-0.2, -0.15) is 0 Å². The van der Waals surface area contributed by atoms with Gasteiger partial charge in [-0.25, -0.2) is 4.98 Å². The molecule has 0 aliphatic carbocycles. The van der Waals surface area contributed by atoms with Crippen molar-refractivity contribution in [2.45, 2.75) is 25.5 Å². The number of rotatable bonds is 5. The molecule has 6 nitrogen and oxygen atoms in total. The lowest BCUT2D eigenvalue weighted by Gasteiger charge is -2.14. The van der Waals surface area contributed by atoms with Gasteiger partial charge in [0.1, 0.15) is 23.0 Å². The number of nitrogens with zero attached hydrogens (tertiary/aromatic N) is 1. The Morgan fingerprint density at radius 2 is 2.14 bits per heavy atom. The summed E-state index contributed by atoms with van der Waals surface area (Å²) in [7, 11) is 0. The second-order valence-electron chi connectivity index (χ2n) is 4.85. The Balaban J connectivity index is 1.84. The van der Waals surface area contributed by atoms with Crippen LogP contribution in [0.1, 0.15) is 18.4 Å². The summed E-state index contributed by atoms with van der Waals surface area (Å²) in [6, 6.07) is 2.28. The van der Waals surface area contributed by atoms with E-state index in [-0.39, 0.29) is 35.2 Å². The van der Waals surface area contributed by atoms with Gasteiger partial charge in [0.25, 0.3) is 0 Å². The number of esters is 1. The number of amides is 1. The molecule has 0 aromatic carbocycles. The standard InChI is InChI=1S/C13H15Cl2N3O3/c14-10-3-7(4-11(15)18-10)6-21-13(20)9(16)5-8-1-2-17-12(8)19/h3-4,8-9H,1-2,5-6,16H2,(H,17,19)/t8-,9-/m0/s1. The predicted molar refractivity (Wildman–Crippen MR) is 77.8 cm³/mol. The van der Waals surface area contributed by atoms with Crippen molar-refractivity contribution in [1.29, 1.82) is 0 Å². The molecule has 2 rings (SSSR count). The summed E-state index contributed by atoms with van der Waals surface area (Å²) in [5, 5.41) is 3.15. The van der Waals surface area contributed by atoms with Crippen LogP contribution in [0.25, 0.3) is 0 Å². The first kappa shape index (κ1) is 16.0. The molecule has 0 bridgehead atoms. The quantitative estimate of drug-likeness (QED) is 0.626. The highest BCUT2D eigenvalue weighted by Gasteiger charge is 2.29. The van der Waals surface area contributed by atoms with Gasteiger partial charge in [-0.15, -0.1) is 0 Å². The maximum absolute atomic E-state index is 11.8. The van der Waals surface area contributed by atoms with E-state index in [4.69, 9.17) is 33.7 Å². The van der Waals surface area contributed by atoms with Crippen molar-refractivity contribution in [3.8, 4) is 0 Å². The summed E-state index contributed by atoms with van der Waals surface area (Å²) in [5.74, 6) is -0.845. The van der Waals surface area contributed by atoms with Crippen molar-refractivity contribution in [3.63, 3.8) is 0 Å². The summed E-state index contributed by atoms with van der Waals surface area (Å²) in [4.78, 5) is 27.0. The molecule has 1 saturated heterocycles. The molecule has 1 amide bonds. The molecule has 2 atom stereocenters. The molecule has 1 aliphatic heterocycles. The van der Waals surface area contributed by atoms with E-state index in [2.05, 4.69) is 10.3 Å². The third-order valence-electron chi connectivity index (χ3n) is 3.21. The average Bonchev–Trinajstić information content (AvgIpc) is 2.80. The third kappa shape index (κ3) is 4.56. The highest BCUT2D eigenvalue weighted by molar-refractivity contribution is 6.32. The fourth-order valence-corrected chi connectivity index (χ4v) is 2.64. The van der Waals surface area contributed by atoms with Crippen LogP contribution in [0, 0.1) is 5.92 Å². The van der Waals surface area contributed by atoms with E-state index in [0.717, 1.165) is 0 Å². The van der Waals surface area contributed by atoms with Crippen molar-refractivity contribution in [1.82, 2.24) is 10.3 Å². The van der Waals surface area contributed by atoms with E-state index in [9.17, 15) is 9.59 Å². The first-order valence-electron chi connectivity index (χ1n) is 6.47. The molecule has 1 aliphatic rings. The number of aromatic nitrogens is 1. The minimum Gasteiger partial charge on any atom is -0.460 e. The molecule has 0 saturated carbocycles. The zero-order valence-electron chi connectivity index (χ0n) is 11.1. The van der Waals surface area contributed by atoms with Crippen LogP contribution in [0.4, 0.5) is 0 Å². The molecular formula is C13H15Cl2N3O3. The fraction of sp³-hybridized carbons (Fsp3) is 0.462. The Morgan fingerprint density at radius 3 is 2.71 bits per heavy atom. The zero-order valence-corrected chi connectivity index (χ0v) is 12.7. The van der Waals surface area contributed by atoms with Crippen molar-refractivity contribution in [2.24, 2.45) is 11.7 Å². The summed E-state index contributed by atoms with van der Waals surface area (Å²) < 4.78 is 5.10. The van der Waals surface area contributed by atoms with Crippen LogP contribution >= 0.6 is 23.2 Å². The van der Waals surface area contributed by atoms with Crippen LogP contribution in [-0.4, -0.2) is 29.4 Å². The molecule has 1 aromatic rings. The predicted octanol–water partition coefficient (Wildman–Crippen LogP) is 1.29. The molecule has 3 N–H and O–H groups in total. The first-order valence-corrected chi connectivity index (χ1v) is 7.23. The topological polar surface area (TPSA) is 94.3 Å². The van der Waals surface area contributed by atoms with Gasteiger partial charge in [-0.05, 0) is 30.5 Å². The molecule has 8 heteroatoms. The molecule has 21 heavy (non-hydrogen) atoms. The monoisotopic (exact) mass is 331 g/mol. The van der Waals surface area contributed by atoms with Gasteiger partial charge in [0.2, 0.25) is 5.91 Å². The normalized spacial score (nSPS) is 19.2. The number of hydrogen-bond acceptors (Lipinski definition) is 5. The Morgan fingerprint density at radius 1 is 1.48 bits per heavy atom. The summed E-state index contributed by atoms with van der Waals surface area (Å²) in [6.07, 6.45) is 0.970. The van der Waals surface area contributed by atoms with E-state index < -0.39 is 12.0 Å². The number of pyridine rings is 1. The van der Waals surface area contributed by atoms with Gasteiger partial charge in [0, 0.05) is 12.5 Å². The minimum absolute atomic E-state index is 0.00531. The van der Waals surface area contributed by atoms with E-state index >= 15 is 0 Å². The number of carbonyl (C=O) groups excluding carboxylic acids is 2. The molecule has 1 aromatic heterocycles. The smallest absolute Gasteiger partial charge is 0.323 e. The van der Waals surface area contributed by atoms with Crippen LogP contribution in [0.5, 0.6) is 0 Å². The van der Waals surface area contributed by atoms with E-state index in [0.29, 0.717) is 18.5 Å². The van der Waals surface area contributed by atoms with Crippen LogP contribution in [0.15, 0.2) is 12.1 Å². The molecule has 0 unspecified atom stereocenters. The van der Waals surface area contributed by atoms with Crippen molar-refractivity contribution < 1.29 is 14.3 Å². The van der Waals surface area contributed by atoms with Gasteiger partial charge in [0.15, 0.2) is 0 Å². The van der Waals surface area contributed by atoms with Crippen LogP contribution < -0.4 is 11.1 Å². The molecular weight excluding hydrogens is 317 g/mol. The number of nitrogens with one attached hydrogen (secondary N) is 1. The van der Waals surface area contributed by atoms with Crippen LogP contribution in [0.3, 0.4) is 0 Å². The summed E-state index contributed by atoms with van der Waals surface area (Å²) >= 11 is 11.5. The summed E-state index contributed by atoms with van der Waals surface area (Å²) in [6.45, 7) is 0.630. The van der Waals surface area contributed by atoms with Gasteiger partial charge in [0.05, 0.1) is 0 Å². The van der Waals surface area contributed by atoms with Crippen LogP contribution in [0.2, 0.25) is 10.3 Å². The van der Waals surface area contributed by atoms with E-state index in [1.54, 1.807) is 12.1 Å². The second-order valence-corrected chi connectivity index (χ2v) is 5.62. The Labute approximate surface area is 131 Å². The van der Waals surface area contributed by atoms with Crippen molar-refractivity contribution >= 4 is 35.1 Å². The molecule has 0 spiro atoms. The first-order chi connectivity index (χ1) is 9.95. The fourth-order valence-electron chi connectivity index (χ4n) is 2.13. The lowest BCUT2D eigenvalue weighted by molar-refractivity contribution is -0.147. The highest BCUT2D eigenvalue weighted by Crippen LogP contribution is 2.17. The lowest BCUT2D eigenvalue weighted by Crippen LogP contribution is -2.35. The van der Waals surface area contributed by atoms with E-state index in [1.165, 1.54) is 0 Å². The van der Waals surface area contributed by atoms with Crippen molar-refractivity contribution in [3.05, 3.63) is 28.0 Å². The molecule has 2 heterocycles. The number of hydrogen-bond donors (Lipinski definition) is 2. The zero-order chi connectivity index (χ0) is 15.4. The van der Waals surface area contributed by atoms with Gasteiger partial charge >= 0.3 is 5.97 Å². The van der Waals surface area contributed by atoms with Gasteiger partial charge in [-0.1, -0.05) is 23.2 Å². The van der Waals surface area contributed by atoms with Gasteiger partial charge < -0.3 is 15.8 Å². The highest BCUT2D eigenvalue weighted by atomic mass is 35.5. The Hall–Kier alpha value is -1.37. The minimum atomic E-state index is -0.827. The maximum atomic E-state index is 11.8. The molecule has 0 radical (unpaired) electrons. The maximum Gasteiger partial charge on any atom is 0.323 e. The van der Waals surface area contributed by atoms with Crippen molar-refractivity contribution in [2.75, 3.05) is 6.54 Å². The second kappa shape index (κ2) is 7.06. The largest absolute Gasteiger partial charge is 0.460 e. The Bertz CT molecular complexity index is 533. The Kier molecular flexibility index (Phi) is 5.39. The molecule has 114 valence electrons.